The largest absolute Gasteiger partial charge is 0.394 e. The molecule has 1 fully saturated rings. The highest BCUT2D eigenvalue weighted by atomic mass is 16.7. The lowest BCUT2D eigenvalue weighted by molar-refractivity contribution is -0.303. The number of hydrogen-bond acceptors (Lipinski definition) is 10. The second-order valence-electron chi connectivity index (χ2n) is 27.8. The van der Waals surface area contributed by atoms with Crippen molar-refractivity contribution in [2.75, 3.05) is 13.2 Å². The molecule has 1 amide bonds. The van der Waals surface area contributed by atoms with E-state index in [0.29, 0.717) is 19.3 Å². The van der Waals surface area contributed by atoms with Crippen LogP contribution in [-0.4, -0.2) is 110 Å². The Morgan fingerprint density at radius 3 is 1.00 bits per heavy atom. The Balaban J connectivity index is 2.14. The third kappa shape index (κ3) is 53.5. The maximum absolute atomic E-state index is 13.3. The molecule has 11 heteroatoms. The first-order chi connectivity index (χ1) is 43.7. The Morgan fingerprint density at radius 1 is 0.393 bits per heavy atom. The summed E-state index contributed by atoms with van der Waals surface area (Å²) < 4.78 is 11.2. The summed E-state index contributed by atoms with van der Waals surface area (Å²) in [5.74, 6) is -0.690. The molecule has 1 aliphatic rings. The molecule has 9 atom stereocenters. The summed E-state index contributed by atoms with van der Waals surface area (Å²) in [4.78, 5) is 13.3. The van der Waals surface area contributed by atoms with E-state index >= 15 is 0 Å². The van der Waals surface area contributed by atoms with Crippen LogP contribution in [0.5, 0.6) is 0 Å². The molecule has 528 valence electrons. The quantitative estimate of drug-likeness (QED) is 0.0215. The summed E-state index contributed by atoms with van der Waals surface area (Å²) in [6, 6.07) is -1.17. The zero-order valence-corrected chi connectivity index (χ0v) is 58.7. The molecule has 1 heterocycles. The monoisotopic (exact) mass is 1260 g/mol. The normalized spacial score (nSPS) is 18.6. The predicted molar refractivity (Wildman–Crippen MR) is 376 cm³/mol. The number of nitrogens with one attached hydrogen (secondary N) is 1. The van der Waals surface area contributed by atoms with Crippen LogP contribution >= 0.6 is 0 Å². The standard InChI is InChI=1S/C78H151NO10/c1-3-5-7-9-11-13-15-17-19-21-23-25-27-29-31-33-35-36-38-39-41-43-45-47-49-51-53-55-57-59-61-63-65-70(81)73(83)69(68-88-78-76(86)75(85)74(84)72(67-80)89-78)79-77(87)71(82)66-64-62-60-58-56-54-52-50-48-46-44-42-40-37-34-32-30-28-26-24-22-20-18-16-14-12-10-8-6-4-2/h24,26,30,32,69-76,78,80-86H,3-23,25,27-29,31,33-68H2,1-2H3,(H,79,87)/b26-24-,32-30-. The average Bonchev–Trinajstić information content (AvgIpc) is 3.68. The summed E-state index contributed by atoms with van der Waals surface area (Å²) in [5.41, 5.74) is 0. The van der Waals surface area contributed by atoms with Crippen molar-refractivity contribution in [1.29, 1.82) is 0 Å². The Morgan fingerprint density at radius 2 is 0.685 bits per heavy atom. The van der Waals surface area contributed by atoms with Crippen LogP contribution in [0.2, 0.25) is 0 Å². The van der Waals surface area contributed by atoms with Gasteiger partial charge in [-0.1, -0.05) is 378 Å². The van der Waals surface area contributed by atoms with Crippen molar-refractivity contribution in [3.8, 4) is 0 Å². The van der Waals surface area contributed by atoms with E-state index in [2.05, 4.69) is 43.5 Å². The molecular formula is C78H151NO10. The van der Waals surface area contributed by atoms with E-state index in [0.717, 1.165) is 44.9 Å². The minimum Gasteiger partial charge on any atom is -0.394 e. The summed E-state index contributed by atoms with van der Waals surface area (Å²) in [5, 5.41) is 76.7. The summed E-state index contributed by atoms with van der Waals surface area (Å²) in [6.07, 6.45) is 74.2. The summed E-state index contributed by atoms with van der Waals surface area (Å²) in [6.45, 7) is 3.53. The lowest BCUT2D eigenvalue weighted by atomic mass is 9.98. The first-order valence-electron chi connectivity index (χ1n) is 39.2. The van der Waals surface area contributed by atoms with Gasteiger partial charge in [-0.2, -0.15) is 0 Å². The van der Waals surface area contributed by atoms with E-state index in [1.807, 2.05) is 0 Å². The predicted octanol–water partition coefficient (Wildman–Crippen LogP) is 19.9. The molecule has 1 saturated heterocycles. The van der Waals surface area contributed by atoms with Crippen molar-refractivity contribution >= 4 is 5.91 Å². The van der Waals surface area contributed by atoms with Gasteiger partial charge >= 0.3 is 0 Å². The van der Waals surface area contributed by atoms with Gasteiger partial charge in [0.25, 0.3) is 0 Å². The van der Waals surface area contributed by atoms with Crippen molar-refractivity contribution in [3.05, 3.63) is 24.3 Å². The minimum absolute atomic E-state index is 0.262. The van der Waals surface area contributed by atoms with Crippen molar-refractivity contribution in [3.63, 3.8) is 0 Å². The van der Waals surface area contributed by atoms with Crippen LogP contribution in [0.4, 0.5) is 0 Å². The Kier molecular flexibility index (Phi) is 64.1. The number of rotatable bonds is 70. The second kappa shape index (κ2) is 66.6. The van der Waals surface area contributed by atoms with Crippen LogP contribution in [0.3, 0.4) is 0 Å². The van der Waals surface area contributed by atoms with Gasteiger partial charge in [0.05, 0.1) is 25.4 Å². The van der Waals surface area contributed by atoms with Gasteiger partial charge in [0.1, 0.15) is 36.6 Å². The first kappa shape index (κ1) is 85.6. The van der Waals surface area contributed by atoms with Gasteiger partial charge in [-0.25, -0.2) is 0 Å². The summed E-state index contributed by atoms with van der Waals surface area (Å²) in [7, 11) is 0. The van der Waals surface area contributed by atoms with Gasteiger partial charge < -0.3 is 50.5 Å². The number of carbonyl (C=O) groups excluding carboxylic acids is 1. The van der Waals surface area contributed by atoms with E-state index in [4.69, 9.17) is 9.47 Å². The molecule has 0 radical (unpaired) electrons. The van der Waals surface area contributed by atoms with E-state index in [9.17, 15) is 40.5 Å². The highest BCUT2D eigenvalue weighted by Gasteiger charge is 2.44. The lowest BCUT2D eigenvalue weighted by Gasteiger charge is -2.40. The second-order valence-corrected chi connectivity index (χ2v) is 27.8. The molecule has 0 bridgehead atoms. The topological polar surface area (TPSA) is 189 Å². The van der Waals surface area contributed by atoms with Crippen molar-refractivity contribution in [1.82, 2.24) is 5.32 Å². The molecule has 11 nitrogen and oxygen atoms in total. The Labute approximate surface area is 550 Å². The highest BCUT2D eigenvalue weighted by molar-refractivity contribution is 5.80. The number of hydrogen-bond donors (Lipinski definition) is 8. The van der Waals surface area contributed by atoms with E-state index in [-0.39, 0.29) is 6.42 Å². The fraction of sp³-hybridized carbons (Fsp3) is 0.936. The molecule has 9 unspecified atom stereocenters. The van der Waals surface area contributed by atoms with Crippen molar-refractivity contribution < 1.29 is 50.0 Å². The fourth-order valence-electron chi connectivity index (χ4n) is 13.0. The maximum Gasteiger partial charge on any atom is 0.249 e. The molecule has 1 aliphatic heterocycles. The van der Waals surface area contributed by atoms with Gasteiger partial charge in [0, 0.05) is 0 Å². The molecule has 1 rings (SSSR count). The van der Waals surface area contributed by atoms with Crippen LogP contribution in [-0.2, 0) is 14.3 Å². The molecule has 0 aromatic heterocycles. The molecule has 0 aromatic rings. The van der Waals surface area contributed by atoms with Crippen LogP contribution in [0.25, 0.3) is 0 Å². The van der Waals surface area contributed by atoms with Gasteiger partial charge in [-0.05, 0) is 44.9 Å². The number of aliphatic hydroxyl groups is 7. The zero-order chi connectivity index (χ0) is 64.6. The molecule has 0 spiro atoms. The summed E-state index contributed by atoms with van der Waals surface area (Å²) >= 11 is 0. The fourth-order valence-corrected chi connectivity index (χ4v) is 13.0. The Hall–Kier alpha value is -1.41. The zero-order valence-electron chi connectivity index (χ0n) is 58.7. The molecular weight excluding hydrogens is 1110 g/mol. The van der Waals surface area contributed by atoms with Crippen LogP contribution < -0.4 is 5.32 Å². The van der Waals surface area contributed by atoms with Gasteiger partial charge in [-0.3, -0.25) is 4.79 Å². The smallest absolute Gasteiger partial charge is 0.249 e. The third-order valence-electron chi connectivity index (χ3n) is 19.3. The molecule has 0 aliphatic carbocycles. The SMILES string of the molecule is CCCCCCCCCCC/C=C\C/C=C\CCCCCCCCCCCCCCCCC(O)C(=O)NC(COC1OC(CO)C(O)C(O)C1O)C(O)C(O)CCCCCCCCCCCCCCCCCCCCCCCCCCCCCCCCCC. The van der Waals surface area contributed by atoms with Crippen LogP contribution in [0.1, 0.15) is 399 Å². The van der Waals surface area contributed by atoms with Crippen LogP contribution in [0.15, 0.2) is 24.3 Å². The number of allylic oxidation sites excluding steroid dienone is 4. The van der Waals surface area contributed by atoms with Crippen LogP contribution in [0, 0.1) is 0 Å². The minimum atomic E-state index is -1.66. The van der Waals surface area contributed by atoms with E-state index in [1.54, 1.807) is 0 Å². The molecule has 89 heavy (non-hydrogen) atoms. The highest BCUT2D eigenvalue weighted by Crippen LogP contribution is 2.24. The maximum atomic E-state index is 13.3. The lowest BCUT2D eigenvalue weighted by Crippen LogP contribution is -2.60. The number of amides is 1. The number of aliphatic hydroxyl groups excluding tert-OH is 7. The molecule has 0 aromatic carbocycles. The number of carbonyl (C=O) groups is 1. The van der Waals surface area contributed by atoms with E-state index < -0.39 is 74.2 Å². The van der Waals surface area contributed by atoms with Crippen molar-refractivity contribution in [2.24, 2.45) is 0 Å². The third-order valence-corrected chi connectivity index (χ3v) is 19.3. The number of unbranched alkanes of at least 4 members (excludes halogenated alkanes) is 54. The average molecular weight is 1260 g/mol. The van der Waals surface area contributed by atoms with Gasteiger partial charge in [0.15, 0.2) is 6.29 Å². The van der Waals surface area contributed by atoms with Crippen molar-refractivity contribution in [2.45, 2.75) is 454 Å². The van der Waals surface area contributed by atoms with E-state index in [1.165, 1.54) is 315 Å². The van der Waals surface area contributed by atoms with Gasteiger partial charge in [-0.15, -0.1) is 0 Å². The first-order valence-corrected chi connectivity index (χ1v) is 39.2. The number of ether oxygens (including phenoxy) is 2. The molecule has 0 saturated carbocycles. The molecule has 8 N–H and O–H groups in total. The Bertz CT molecular complexity index is 1500. The van der Waals surface area contributed by atoms with Gasteiger partial charge in [0.2, 0.25) is 5.91 Å².